The molecule has 2 N–H and O–H groups in total. The van der Waals surface area contributed by atoms with Crippen molar-refractivity contribution in [2.75, 3.05) is 24.2 Å². The second-order valence-corrected chi connectivity index (χ2v) is 12.3. The summed E-state index contributed by atoms with van der Waals surface area (Å²) in [5, 5.41) is 6.37. The number of hydrogen-bond donors (Lipinski definition) is 2. The van der Waals surface area contributed by atoms with Crippen LogP contribution in [0.5, 0.6) is 0 Å². The molecular formula is C29H29F3N6O3S. The number of alkyl halides is 3. The first kappa shape index (κ1) is 29.4. The SMILES string of the molecule is Cc1ccc(C(=O)NCc2cc3nc(-c4cccc(N5CCN[C@H](C)[C@@H]5C(F)(F)F)n4)ccc3cn2)cc1S(C)(=O)=O. The first-order valence-corrected chi connectivity index (χ1v) is 15.1. The fourth-order valence-electron chi connectivity index (χ4n) is 5.09. The molecule has 2 atom stereocenters. The van der Waals surface area contributed by atoms with E-state index in [0.717, 1.165) is 11.6 Å². The maximum Gasteiger partial charge on any atom is 0.410 e. The van der Waals surface area contributed by atoms with Crippen LogP contribution in [0.25, 0.3) is 22.3 Å². The van der Waals surface area contributed by atoms with Gasteiger partial charge in [0.2, 0.25) is 0 Å². The number of nitrogens with zero attached hydrogens (tertiary/aromatic N) is 4. The van der Waals surface area contributed by atoms with Gasteiger partial charge in [-0.2, -0.15) is 13.2 Å². The highest BCUT2D eigenvalue weighted by Gasteiger charge is 2.48. The average molecular weight is 599 g/mol. The van der Waals surface area contributed by atoms with Crippen LogP contribution in [0.15, 0.2) is 65.7 Å². The molecule has 1 amide bonds. The van der Waals surface area contributed by atoms with E-state index in [1.807, 2.05) is 0 Å². The van der Waals surface area contributed by atoms with E-state index >= 15 is 0 Å². The predicted octanol–water partition coefficient (Wildman–Crippen LogP) is 4.06. The third-order valence-corrected chi connectivity index (χ3v) is 8.40. The van der Waals surface area contributed by atoms with E-state index in [9.17, 15) is 26.4 Å². The van der Waals surface area contributed by atoms with Gasteiger partial charge in [-0.15, -0.1) is 0 Å². The number of rotatable bonds is 6. The number of pyridine rings is 3. The molecule has 3 aromatic heterocycles. The Balaban J connectivity index is 1.37. The Kier molecular flexibility index (Phi) is 7.90. The lowest BCUT2D eigenvalue weighted by molar-refractivity contribution is -0.156. The number of aromatic nitrogens is 3. The number of fused-ring (bicyclic) bond motifs is 1. The van der Waals surface area contributed by atoms with E-state index in [1.54, 1.807) is 61.7 Å². The van der Waals surface area contributed by atoms with E-state index in [0.29, 0.717) is 34.7 Å². The molecule has 1 fully saturated rings. The maximum atomic E-state index is 13.9. The van der Waals surface area contributed by atoms with Gasteiger partial charge in [-0.05, 0) is 61.9 Å². The van der Waals surface area contributed by atoms with Crippen molar-refractivity contribution in [3.63, 3.8) is 0 Å². The molecule has 1 aliphatic heterocycles. The Morgan fingerprint density at radius 1 is 1.10 bits per heavy atom. The molecular weight excluding hydrogens is 569 g/mol. The van der Waals surface area contributed by atoms with E-state index < -0.39 is 34.0 Å². The number of amides is 1. The first-order chi connectivity index (χ1) is 19.8. The van der Waals surface area contributed by atoms with Crippen molar-refractivity contribution in [2.24, 2.45) is 0 Å². The minimum absolute atomic E-state index is 0.0660. The minimum Gasteiger partial charge on any atom is -0.346 e. The van der Waals surface area contributed by atoms with Crippen LogP contribution >= 0.6 is 0 Å². The first-order valence-electron chi connectivity index (χ1n) is 13.2. The summed E-state index contributed by atoms with van der Waals surface area (Å²) in [5.41, 5.74) is 2.74. The molecule has 0 saturated carbocycles. The summed E-state index contributed by atoms with van der Waals surface area (Å²) >= 11 is 0. The van der Waals surface area contributed by atoms with Gasteiger partial charge in [0.05, 0.1) is 34.0 Å². The van der Waals surface area contributed by atoms with Gasteiger partial charge in [-0.1, -0.05) is 12.1 Å². The quantitative estimate of drug-likeness (QED) is 0.341. The molecule has 0 bridgehead atoms. The maximum absolute atomic E-state index is 13.9. The van der Waals surface area contributed by atoms with Crippen molar-refractivity contribution in [3.8, 4) is 11.4 Å². The zero-order valence-electron chi connectivity index (χ0n) is 23.1. The van der Waals surface area contributed by atoms with Crippen LogP contribution < -0.4 is 15.5 Å². The molecule has 0 spiro atoms. The zero-order valence-corrected chi connectivity index (χ0v) is 23.9. The number of halogens is 3. The Labute approximate surface area is 241 Å². The third kappa shape index (κ3) is 6.21. The van der Waals surface area contributed by atoms with Crippen LogP contribution in [0, 0.1) is 6.92 Å². The van der Waals surface area contributed by atoms with Gasteiger partial charge in [0.1, 0.15) is 11.9 Å². The summed E-state index contributed by atoms with van der Waals surface area (Å²) < 4.78 is 65.7. The fourth-order valence-corrected chi connectivity index (χ4v) is 6.08. The van der Waals surface area contributed by atoms with Crippen LogP contribution in [0.3, 0.4) is 0 Å². The third-order valence-electron chi connectivity index (χ3n) is 7.16. The topological polar surface area (TPSA) is 117 Å². The highest BCUT2D eigenvalue weighted by atomic mass is 32.2. The summed E-state index contributed by atoms with van der Waals surface area (Å²) in [6, 6.07) is 12.2. The number of aryl methyl sites for hydroxylation is 1. The molecule has 1 aromatic carbocycles. The molecule has 0 radical (unpaired) electrons. The lowest BCUT2D eigenvalue weighted by Gasteiger charge is -2.42. The van der Waals surface area contributed by atoms with Gasteiger partial charge in [-0.3, -0.25) is 9.78 Å². The molecule has 4 heterocycles. The Hall–Kier alpha value is -4.10. The van der Waals surface area contributed by atoms with Crippen LogP contribution in [0.4, 0.5) is 19.0 Å². The van der Waals surface area contributed by atoms with Crippen LogP contribution in [-0.4, -0.2) is 66.9 Å². The second kappa shape index (κ2) is 11.3. The predicted molar refractivity (Wildman–Crippen MR) is 153 cm³/mol. The van der Waals surface area contributed by atoms with Crippen molar-refractivity contribution in [2.45, 2.75) is 43.5 Å². The van der Waals surface area contributed by atoms with Gasteiger partial charge in [-0.25, -0.2) is 18.4 Å². The summed E-state index contributed by atoms with van der Waals surface area (Å²) in [5.74, 6) is -0.234. The van der Waals surface area contributed by atoms with Gasteiger partial charge in [0.25, 0.3) is 5.91 Å². The molecule has 1 saturated heterocycles. The van der Waals surface area contributed by atoms with Crippen LogP contribution in [0.2, 0.25) is 0 Å². The average Bonchev–Trinajstić information content (AvgIpc) is 2.94. The standard InChI is InChI=1S/C29H29F3N6O3S/c1-17-7-8-19(13-25(17)42(3,40)41)28(39)35-16-21-14-24-20(15-34-21)9-10-23(36-24)22-5-4-6-26(37-22)38-12-11-33-18(2)27(38)29(30,31)32/h4-10,13-15,18,27,33H,11-12,16H2,1-3H3,(H,35,39)/t18-,27-/m1/s1. The van der Waals surface area contributed by atoms with Gasteiger partial charge in [0, 0.05) is 42.5 Å². The van der Waals surface area contributed by atoms with Gasteiger partial charge < -0.3 is 15.5 Å². The molecule has 220 valence electrons. The van der Waals surface area contributed by atoms with Crippen molar-refractivity contribution in [1.82, 2.24) is 25.6 Å². The molecule has 0 aliphatic carbocycles. The fraction of sp³-hybridized carbons (Fsp3) is 0.310. The largest absolute Gasteiger partial charge is 0.410 e. The second-order valence-electron chi connectivity index (χ2n) is 10.3. The zero-order chi connectivity index (χ0) is 30.2. The highest BCUT2D eigenvalue weighted by molar-refractivity contribution is 7.90. The summed E-state index contributed by atoms with van der Waals surface area (Å²) in [6.07, 6.45) is -1.73. The Bertz CT molecular complexity index is 1760. The molecule has 1 aliphatic rings. The molecule has 9 nitrogen and oxygen atoms in total. The van der Waals surface area contributed by atoms with E-state index in [4.69, 9.17) is 0 Å². The van der Waals surface area contributed by atoms with Crippen molar-refractivity contribution >= 4 is 32.5 Å². The van der Waals surface area contributed by atoms with E-state index in [1.165, 1.54) is 17.9 Å². The monoisotopic (exact) mass is 598 g/mol. The number of benzene rings is 1. The molecule has 5 rings (SSSR count). The number of nitrogens with one attached hydrogen (secondary N) is 2. The van der Waals surface area contributed by atoms with Gasteiger partial charge in [0.15, 0.2) is 9.84 Å². The lowest BCUT2D eigenvalue weighted by atomic mass is 10.0. The van der Waals surface area contributed by atoms with Crippen LogP contribution in [0.1, 0.15) is 28.5 Å². The number of piperazine rings is 1. The Morgan fingerprint density at radius 3 is 2.60 bits per heavy atom. The number of carbonyl (C=O) groups excluding carboxylic acids is 1. The summed E-state index contributed by atoms with van der Waals surface area (Å²) in [6.45, 7) is 3.81. The summed E-state index contributed by atoms with van der Waals surface area (Å²) in [7, 11) is -3.49. The molecule has 42 heavy (non-hydrogen) atoms. The number of carbonyl (C=O) groups is 1. The molecule has 0 unspecified atom stereocenters. The lowest BCUT2D eigenvalue weighted by Crippen LogP contribution is -2.63. The normalized spacial score (nSPS) is 17.8. The summed E-state index contributed by atoms with van der Waals surface area (Å²) in [4.78, 5) is 27.7. The van der Waals surface area contributed by atoms with Crippen molar-refractivity contribution in [3.05, 3.63) is 77.6 Å². The number of sulfone groups is 1. The van der Waals surface area contributed by atoms with E-state index in [2.05, 4.69) is 25.6 Å². The number of hydrogen-bond acceptors (Lipinski definition) is 8. The van der Waals surface area contributed by atoms with Crippen LogP contribution in [-0.2, 0) is 16.4 Å². The molecule has 4 aromatic rings. The highest BCUT2D eigenvalue weighted by Crippen LogP contribution is 2.32. The van der Waals surface area contributed by atoms with Crippen molar-refractivity contribution in [1.29, 1.82) is 0 Å². The molecule has 13 heteroatoms. The number of anilines is 1. The Morgan fingerprint density at radius 2 is 1.86 bits per heavy atom. The van der Waals surface area contributed by atoms with E-state index in [-0.39, 0.29) is 29.4 Å². The van der Waals surface area contributed by atoms with Crippen molar-refractivity contribution < 1.29 is 26.4 Å². The minimum atomic E-state index is -4.43. The van der Waals surface area contributed by atoms with Gasteiger partial charge >= 0.3 is 6.18 Å². The smallest absolute Gasteiger partial charge is 0.346 e.